The number of hydrogen-bond acceptors (Lipinski definition) is 3. The maximum absolute atomic E-state index is 5.78. The number of nitrogens with one attached hydrogen (secondary N) is 1. The Kier molecular flexibility index (Phi) is 4.88. The fourth-order valence-corrected chi connectivity index (χ4v) is 1.82. The zero-order valence-electron chi connectivity index (χ0n) is 11.4. The first-order valence-corrected chi connectivity index (χ1v) is 6.86. The fourth-order valence-electron chi connectivity index (χ4n) is 1.82. The highest BCUT2D eigenvalue weighted by Crippen LogP contribution is 2.28. The summed E-state index contributed by atoms with van der Waals surface area (Å²) in [6, 6.07) is 6.91. The monoisotopic (exact) mass is 249 g/mol. The molecule has 0 spiro atoms. The molecule has 0 aliphatic heterocycles. The third-order valence-electron chi connectivity index (χ3n) is 3.16. The molecule has 0 unspecified atom stereocenters. The molecule has 1 N–H and O–H groups in total. The van der Waals surface area contributed by atoms with E-state index in [-0.39, 0.29) is 0 Å². The molecule has 100 valence electrons. The van der Waals surface area contributed by atoms with Gasteiger partial charge in [0.1, 0.15) is 0 Å². The Morgan fingerprint density at radius 3 is 2.78 bits per heavy atom. The number of rotatable bonds is 8. The van der Waals surface area contributed by atoms with Gasteiger partial charge in [-0.2, -0.15) is 0 Å². The Bertz CT molecular complexity index is 375. The summed E-state index contributed by atoms with van der Waals surface area (Å²) in [6.45, 7) is 3.84. The molecule has 0 amide bonds. The van der Waals surface area contributed by atoms with E-state index >= 15 is 0 Å². The molecule has 0 radical (unpaired) electrons. The molecule has 1 fully saturated rings. The van der Waals surface area contributed by atoms with Crippen LogP contribution in [0.3, 0.4) is 0 Å². The van der Waals surface area contributed by atoms with Crippen LogP contribution in [0.1, 0.15) is 38.2 Å². The van der Waals surface area contributed by atoms with Crippen molar-refractivity contribution >= 4 is 0 Å². The van der Waals surface area contributed by atoms with E-state index in [1.165, 1.54) is 18.4 Å². The van der Waals surface area contributed by atoms with Gasteiger partial charge in [-0.25, -0.2) is 0 Å². The van der Waals surface area contributed by atoms with Crippen molar-refractivity contribution in [2.45, 2.75) is 45.2 Å². The minimum absolute atomic E-state index is 0.733. The fraction of sp³-hybridized carbons (Fsp3) is 0.600. The van der Waals surface area contributed by atoms with Gasteiger partial charge >= 0.3 is 0 Å². The first-order chi connectivity index (χ1) is 8.83. The summed E-state index contributed by atoms with van der Waals surface area (Å²) in [7, 11) is 1.68. The maximum atomic E-state index is 5.78. The molecule has 0 heterocycles. The van der Waals surface area contributed by atoms with Crippen LogP contribution >= 0.6 is 0 Å². The zero-order valence-corrected chi connectivity index (χ0v) is 11.4. The number of hydrogen-bond donors (Lipinski definition) is 1. The van der Waals surface area contributed by atoms with Gasteiger partial charge in [-0.05, 0) is 37.0 Å². The Hall–Kier alpha value is -1.22. The molecule has 1 aliphatic carbocycles. The molecule has 2 rings (SSSR count). The van der Waals surface area contributed by atoms with Gasteiger partial charge in [0.15, 0.2) is 11.5 Å². The molecular weight excluding hydrogens is 226 g/mol. The average Bonchev–Trinajstić information content (AvgIpc) is 3.21. The van der Waals surface area contributed by atoms with E-state index in [9.17, 15) is 0 Å². The van der Waals surface area contributed by atoms with Crippen molar-refractivity contribution in [1.29, 1.82) is 0 Å². The quantitative estimate of drug-likeness (QED) is 0.718. The number of methoxy groups -OCH3 is 1. The Morgan fingerprint density at radius 1 is 1.28 bits per heavy atom. The molecule has 1 aromatic carbocycles. The zero-order chi connectivity index (χ0) is 12.8. The number of ether oxygens (including phenoxy) is 2. The number of unbranched alkanes of at least 4 members (excludes halogenated alkanes) is 1. The van der Waals surface area contributed by atoms with Gasteiger partial charge in [-0.3, -0.25) is 0 Å². The summed E-state index contributed by atoms with van der Waals surface area (Å²) >= 11 is 0. The molecule has 1 aromatic rings. The molecule has 3 nitrogen and oxygen atoms in total. The normalized spacial score (nSPS) is 14.6. The SMILES string of the molecule is CCCCOc1cc(CNC2CC2)ccc1OC. The van der Waals surface area contributed by atoms with Crippen molar-refractivity contribution in [2.75, 3.05) is 13.7 Å². The Morgan fingerprint density at radius 2 is 2.11 bits per heavy atom. The van der Waals surface area contributed by atoms with Crippen LogP contribution in [0.15, 0.2) is 18.2 Å². The molecule has 0 bridgehead atoms. The largest absolute Gasteiger partial charge is 0.493 e. The molecule has 3 heteroatoms. The summed E-state index contributed by atoms with van der Waals surface area (Å²) in [5, 5.41) is 3.51. The van der Waals surface area contributed by atoms with Crippen LogP contribution in [0.5, 0.6) is 11.5 Å². The van der Waals surface area contributed by atoms with Crippen LogP contribution in [0, 0.1) is 0 Å². The highest BCUT2D eigenvalue weighted by Gasteiger charge is 2.20. The topological polar surface area (TPSA) is 30.5 Å². The third kappa shape index (κ3) is 3.91. The summed E-state index contributed by atoms with van der Waals surface area (Å²) in [5.41, 5.74) is 1.26. The molecule has 0 saturated heterocycles. The lowest BCUT2D eigenvalue weighted by Crippen LogP contribution is -2.15. The van der Waals surface area contributed by atoms with E-state index in [1.807, 2.05) is 6.07 Å². The molecule has 1 aliphatic rings. The van der Waals surface area contributed by atoms with Crippen molar-refractivity contribution in [1.82, 2.24) is 5.32 Å². The summed E-state index contributed by atoms with van der Waals surface area (Å²) < 4.78 is 11.1. The van der Waals surface area contributed by atoms with E-state index in [0.29, 0.717) is 0 Å². The lowest BCUT2D eigenvalue weighted by Gasteiger charge is -2.12. The predicted molar refractivity (Wildman–Crippen MR) is 73.3 cm³/mol. The van der Waals surface area contributed by atoms with Gasteiger partial charge in [0.05, 0.1) is 13.7 Å². The van der Waals surface area contributed by atoms with E-state index in [0.717, 1.165) is 43.5 Å². The van der Waals surface area contributed by atoms with E-state index in [2.05, 4.69) is 24.4 Å². The van der Waals surface area contributed by atoms with Crippen LogP contribution in [-0.2, 0) is 6.54 Å². The van der Waals surface area contributed by atoms with Crippen molar-refractivity contribution in [2.24, 2.45) is 0 Å². The predicted octanol–water partition coefficient (Wildman–Crippen LogP) is 3.13. The smallest absolute Gasteiger partial charge is 0.161 e. The Balaban J connectivity index is 1.95. The van der Waals surface area contributed by atoms with Crippen molar-refractivity contribution in [3.8, 4) is 11.5 Å². The maximum Gasteiger partial charge on any atom is 0.161 e. The van der Waals surface area contributed by atoms with Gasteiger partial charge < -0.3 is 14.8 Å². The van der Waals surface area contributed by atoms with Crippen molar-refractivity contribution < 1.29 is 9.47 Å². The van der Waals surface area contributed by atoms with E-state index in [4.69, 9.17) is 9.47 Å². The molecule has 0 atom stereocenters. The van der Waals surface area contributed by atoms with E-state index in [1.54, 1.807) is 7.11 Å². The standard InChI is InChI=1S/C15H23NO2/c1-3-4-9-18-15-10-12(5-8-14(15)17-2)11-16-13-6-7-13/h5,8,10,13,16H,3-4,6-7,9,11H2,1-2H3. The average molecular weight is 249 g/mol. The van der Waals surface area contributed by atoms with Crippen molar-refractivity contribution in [3.05, 3.63) is 23.8 Å². The minimum atomic E-state index is 0.733. The molecule has 1 saturated carbocycles. The van der Waals surface area contributed by atoms with Crippen LogP contribution in [0.2, 0.25) is 0 Å². The minimum Gasteiger partial charge on any atom is -0.493 e. The Labute approximate surface area is 109 Å². The van der Waals surface area contributed by atoms with Crippen LogP contribution in [0.25, 0.3) is 0 Å². The van der Waals surface area contributed by atoms with E-state index < -0.39 is 0 Å². The second kappa shape index (κ2) is 6.64. The lowest BCUT2D eigenvalue weighted by molar-refractivity contribution is 0.288. The highest BCUT2D eigenvalue weighted by molar-refractivity contribution is 5.43. The lowest BCUT2D eigenvalue weighted by atomic mass is 10.2. The van der Waals surface area contributed by atoms with Crippen LogP contribution < -0.4 is 14.8 Å². The summed E-state index contributed by atoms with van der Waals surface area (Å²) in [5.74, 6) is 1.68. The number of benzene rings is 1. The van der Waals surface area contributed by atoms with Crippen LogP contribution in [-0.4, -0.2) is 19.8 Å². The first-order valence-electron chi connectivity index (χ1n) is 6.86. The van der Waals surface area contributed by atoms with Gasteiger partial charge in [0.25, 0.3) is 0 Å². The first kappa shape index (κ1) is 13.2. The molecule has 18 heavy (non-hydrogen) atoms. The summed E-state index contributed by atoms with van der Waals surface area (Å²) in [6.07, 6.45) is 4.85. The second-order valence-electron chi connectivity index (χ2n) is 4.84. The second-order valence-corrected chi connectivity index (χ2v) is 4.84. The third-order valence-corrected chi connectivity index (χ3v) is 3.16. The van der Waals surface area contributed by atoms with Gasteiger partial charge in [0.2, 0.25) is 0 Å². The van der Waals surface area contributed by atoms with Gasteiger partial charge in [-0.1, -0.05) is 19.4 Å². The molecular formula is C15H23NO2. The van der Waals surface area contributed by atoms with Crippen molar-refractivity contribution in [3.63, 3.8) is 0 Å². The van der Waals surface area contributed by atoms with Crippen LogP contribution in [0.4, 0.5) is 0 Å². The van der Waals surface area contributed by atoms with Gasteiger partial charge in [0, 0.05) is 12.6 Å². The molecule has 0 aromatic heterocycles. The highest BCUT2D eigenvalue weighted by atomic mass is 16.5. The van der Waals surface area contributed by atoms with Gasteiger partial charge in [-0.15, -0.1) is 0 Å². The summed E-state index contributed by atoms with van der Waals surface area (Å²) in [4.78, 5) is 0.